The number of nitrogens with zero attached hydrogens (tertiary/aromatic N) is 4. The first kappa shape index (κ1) is 21.7. The normalized spacial score (nSPS) is 11.9. The molecule has 0 saturated carbocycles. The molecule has 29 heavy (non-hydrogen) atoms. The molecule has 0 fully saturated rings. The van der Waals surface area contributed by atoms with Crippen molar-refractivity contribution >= 4 is 36.0 Å². The van der Waals surface area contributed by atoms with E-state index in [0.29, 0.717) is 0 Å². The Bertz CT molecular complexity index is 1100. The van der Waals surface area contributed by atoms with Crippen LogP contribution in [0.5, 0.6) is 0 Å². The highest BCUT2D eigenvalue weighted by atomic mass is 32.1. The van der Waals surface area contributed by atoms with E-state index in [1.165, 1.54) is 15.9 Å². The van der Waals surface area contributed by atoms with Crippen molar-refractivity contribution in [2.45, 2.75) is 20.4 Å². The van der Waals surface area contributed by atoms with Crippen molar-refractivity contribution in [2.24, 2.45) is 0 Å². The molecular formula is C19H25N4O4PS. The number of phosphoric acid groups is 1. The summed E-state index contributed by atoms with van der Waals surface area (Å²) in [5, 5.41) is 2.10. The molecule has 0 radical (unpaired) electrons. The molecule has 0 aliphatic rings. The lowest BCUT2D eigenvalue weighted by molar-refractivity contribution is 0.275. The van der Waals surface area contributed by atoms with E-state index < -0.39 is 7.82 Å². The lowest BCUT2D eigenvalue weighted by Gasteiger charge is -2.18. The van der Waals surface area contributed by atoms with Crippen molar-refractivity contribution in [1.82, 2.24) is 18.9 Å². The quantitative estimate of drug-likeness (QED) is 0.400. The highest BCUT2D eigenvalue weighted by Crippen LogP contribution is 2.28. The van der Waals surface area contributed by atoms with Gasteiger partial charge in [-0.15, -0.1) is 11.3 Å². The van der Waals surface area contributed by atoms with E-state index in [1.54, 1.807) is 11.3 Å². The lowest BCUT2D eigenvalue weighted by atomic mass is 10.3. The summed E-state index contributed by atoms with van der Waals surface area (Å²) >= 11 is 1.74. The van der Waals surface area contributed by atoms with Gasteiger partial charge in [-0.1, -0.05) is 32.0 Å². The molecule has 0 aliphatic heterocycles. The van der Waals surface area contributed by atoms with Gasteiger partial charge in [0.1, 0.15) is 5.69 Å². The molecule has 4 aromatic rings. The molecule has 0 amide bonds. The second-order valence-corrected chi connectivity index (χ2v) is 8.43. The maximum atomic E-state index is 8.88. The van der Waals surface area contributed by atoms with Gasteiger partial charge in [0.05, 0.1) is 15.9 Å². The van der Waals surface area contributed by atoms with Crippen molar-refractivity contribution in [3.8, 4) is 10.6 Å². The lowest BCUT2D eigenvalue weighted by Crippen LogP contribution is -2.27. The van der Waals surface area contributed by atoms with E-state index >= 15 is 0 Å². The largest absolute Gasteiger partial charge is 0.466 e. The Balaban J connectivity index is 0.000000431. The van der Waals surface area contributed by atoms with Crippen LogP contribution in [0.4, 0.5) is 0 Å². The fraction of sp³-hybridized carbons (Fsp3) is 0.316. The number of hydrogen-bond donors (Lipinski definition) is 3. The van der Waals surface area contributed by atoms with E-state index in [4.69, 9.17) is 24.2 Å². The molecule has 10 heteroatoms. The average Bonchev–Trinajstić information content (AvgIpc) is 3.38. The molecule has 0 unspecified atom stereocenters. The molecular weight excluding hydrogens is 411 g/mol. The first-order valence-electron chi connectivity index (χ1n) is 9.32. The van der Waals surface area contributed by atoms with E-state index in [9.17, 15) is 0 Å². The van der Waals surface area contributed by atoms with Gasteiger partial charge in [-0.3, -0.25) is 4.40 Å². The van der Waals surface area contributed by atoms with E-state index in [1.807, 2.05) is 0 Å². The first-order chi connectivity index (χ1) is 13.8. The number of hydrogen-bond acceptors (Lipinski definition) is 4. The van der Waals surface area contributed by atoms with Crippen molar-refractivity contribution in [3.63, 3.8) is 0 Å². The van der Waals surface area contributed by atoms with Gasteiger partial charge in [-0.2, -0.15) is 0 Å². The molecule has 3 aromatic heterocycles. The third-order valence-electron chi connectivity index (χ3n) is 4.67. The zero-order valence-electron chi connectivity index (χ0n) is 16.3. The summed E-state index contributed by atoms with van der Waals surface area (Å²) in [5.74, 6) is 1.03. The summed E-state index contributed by atoms with van der Waals surface area (Å²) < 4.78 is 13.5. The summed E-state index contributed by atoms with van der Waals surface area (Å²) in [4.78, 5) is 30.2. The van der Waals surface area contributed by atoms with Gasteiger partial charge in [0.25, 0.3) is 0 Å². The number of imidazole rings is 2. The van der Waals surface area contributed by atoms with Crippen molar-refractivity contribution in [3.05, 3.63) is 48.0 Å². The number of thiophene rings is 1. The number of para-hydroxylation sites is 2. The molecule has 8 nitrogen and oxygen atoms in total. The van der Waals surface area contributed by atoms with Crippen LogP contribution in [0.25, 0.3) is 27.4 Å². The Kier molecular flexibility index (Phi) is 6.89. The van der Waals surface area contributed by atoms with Crippen LogP contribution in [0.3, 0.4) is 0 Å². The fourth-order valence-corrected chi connectivity index (χ4v) is 3.97. The molecule has 0 saturated heterocycles. The van der Waals surface area contributed by atoms with Crippen molar-refractivity contribution < 1.29 is 19.2 Å². The highest BCUT2D eigenvalue weighted by molar-refractivity contribution is 7.45. The van der Waals surface area contributed by atoms with Gasteiger partial charge in [0.2, 0.25) is 5.78 Å². The van der Waals surface area contributed by atoms with Gasteiger partial charge in [-0.05, 0) is 36.7 Å². The summed E-state index contributed by atoms with van der Waals surface area (Å²) in [7, 11) is -4.64. The van der Waals surface area contributed by atoms with Crippen LogP contribution in [0.15, 0.2) is 48.0 Å². The summed E-state index contributed by atoms with van der Waals surface area (Å²) in [6.45, 7) is 8.61. The maximum Gasteiger partial charge on any atom is 0.466 e. The topological polar surface area (TPSA) is 103 Å². The zero-order chi connectivity index (χ0) is 21.0. The molecule has 0 spiro atoms. The molecule has 0 bridgehead atoms. The van der Waals surface area contributed by atoms with E-state index in [-0.39, 0.29) is 0 Å². The number of aromatic nitrogens is 3. The predicted octanol–water partition coefficient (Wildman–Crippen LogP) is 3.43. The minimum Gasteiger partial charge on any atom is -0.308 e. The van der Waals surface area contributed by atoms with Gasteiger partial charge < -0.3 is 24.1 Å². The smallest absolute Gasteiger partial charge is 0.308 e. The monoisotopic (exact) mass is 436 g/mol. The second kappa shape index (κ2) is 9.21. The molecule has 0 atom stereocenters. The SMILES string of the molecule is CCN(CC)CCn1c2ccccc2n2cc(-c3cccs3)nc12.O=P(O)(O)O. The van der Waals surface area contributed by atoms with Crippen molar-refractivity contribution in [2.75, 3.05) is 19.6 Å². The third-order valence-corrected chi connectivity index (χ3v) is 5.56. The Labute approximate surface area is 172 Å². The zero-order valence-corrected chi connectivity index (χ0v) is 18.1. The molecule has 3 N–H and O–H groups in total. The number of fused-ring (bicyclic) bond motifs is 3. The molecule has 3 heterocycles. The summed E-state index contributed by atoms with van der Waals surface area (Å²) in [6.07, 6.45) is 2.16. The van der Waals surface area contributed by atoms with Crippen LogP contribution < -0.4 is 0 Å². The maximum absolute atomic E-state index is 8.88. The number of likely N-dealkylation sites (N-methyl/N-ethyl adjacent to an activating group) is 1. The Morgan fingerprint density at radius 2 is 1.72 bits per heavy atom. The third kappa shape index (κ3) is 5.33. The Morgan fingerprint density at radius 1 is 1.07 bits per heavy atom. The van der Waals surface area contributed by atoms with Gasteiger partial charge >= 0.3 is 7.82 Å². The minimum absolute atomic E-state index is 0.958. The summed E-state index contributed by atoms with van der Waals surface area (Å²) in [6, 6.07) is 12.8. The first-order valence-corrected chi connectivity index (χ1v) is 11.8. The number of benzene rings is 1. The van der Waals surface area contributed by atoms with Crippen molar-refractivity contribution in [1.29, 1.82) is 0 Å². The minimum atomic E-state index is -4.64. The Morgan fingerprint density at radius 3 is 2.31 bits per heavy atom. The summed E-state index contributed by atoms with van der Waals surface area (Å²) in [5.41, 5.74) is 3.54. The fourth-order valence-electron chi connectivity index (χ4n) is 3.29. The Hall–Kier alpha value is -2.00. The van der Waals surface area contributed by atoms with E-state index in [0.717, 1.165) is 37.7 Å². The van der Waals surface area contributed by atoms with Gasteiger partial charge in [-0.25, -0.2) is 9.55 Å². The molecule has 4 rings (SSSR count). The van der Waals surface area contributed by atoms with Gasteiger partial charge in [0.15, 0.2) is 0 Å². The van der Waals surface area contributed by atoms with Crippen LogP contribution in [0.2, 0.25) is 0 Å². The van der Waals surface area contributed by atoms with E-state index in [2.05, 4.69) is 75.7 Å². The molecule has 0 aliphatic carbocycles. The molecule has 1 aromatic carbocycles. The van der Waals surface area contributed by atoms with Gasteiger partial charge in [0, 0.05) is 19.3 Å². The van der Waals surface area contributed by atoms with Crippen LogP contribution in [-0.2, 0) is 11.1 Å². The predicted molar refractivity (Wildman–Crippen MR) is 116 cm³/mol. The highest BCUT2D eigenvalue weighted by Gasteiger charge is 2.15. The van der Waals surface area contributed by atoms with Crippen LogP contribution in [-0.4, -0.2) is 53.2 Å². The van der Waals surface area contributed by atoms with Crippen LogP contribution in [0, 0.1) is 0 Å². The standard InChI is InChI=1S/C19H22N4S.H3O4P/c1-3-21(4-2)11-12-22-16-8-5-6-9-17(16)23-14-15(20-19(22)23)18-10-7-13-24-18;1-5(2,3)4/h5-10,13-14H,3-4,11-12H2,1-2H3;(H3,1,2,3,4). The second-order valence-electron chi connectivity index (χ2n) is 6.45. The number of rotatable bonds is 6. The van der Waals surface area contributed by atoms with Crippen LogP contribution in [0.1, 0.15) is 13.8 Å². The average molecular weight is 436 g/mol. The van der Waals surface area contributed by atoms with Crippen LogP contribution >= 0.6 is 19.2 Å². The molecule has 156 valence electrons.